The van der Waals surface area contributed by atoms with Crippen molar-refractivity contribution in [3.05, 3.63) is 71.8 Å². The molecule has 1 aliphatic heterocycles. The molecule has 0 unspecified atom stereocenters. The van der Waals surface area contributed by atoms with E-state index < -0.39 is 24.0 Å². The monoisotopic (exact) mass is 395 g/mol. The quantitative estimate of drug-likeness (QED) is 0.575. The van der Waals surface area contributed by atoms with Crippen LogP contribution in [0, 0.1) is 0 Å². The number of allylic oxidation sites excluding steroid dienone is 2. The molecule has 0 aromatic heterocycles. The van der Waals surface area contributed by atoms with Gasteiger partial charge in [0.15, 0.2) is 0 Å². The Morgan fingerprint density at radius 1 is 1.04 bits per heavy atom. The van der Waals surface area contributed by atoms with Gasteiger partial charge in [0.2, 0.25) is 5.91 Å². The maximum atomic E-state index is 13.2. The van der Waals surface area contributed by atoms with Crippen LogP contribution in [-0.2, 0) is 10.2 Å². The van der Waals surface area contributed by atoms with Gasteiger partial charge in [-0.1, -0.05) is 48.6 Å². The van der Waals surface area contributed by atoms with E-state index in [4.69, 9.17) is 16.3 Å². The van der Waals surface area contributed by atoms with Crippen LogP contribution in [0.2, 0.25) is 0 Å². The number of para-hydroxylation sites is 2. The molecule has 0 bridgehead atoms. The predicted octanol–water partition coefficient (Wildman–Crippen LogP) is 4.94. The fourth-order valence-electron chi connectivity index (χ4n) is 3.29. The lowest BCUT2D eigenvalue weighted by molar-refractivity contribution is -0.141. The van der Waals surface area contributed by atoms with Gasteiger partial charge in [-0.25, -0.2) is 0 Å². The van der Waals surface area contributed by atoms with E-state index in [1.807, 2.05) is 0 Å². The van der Waals surface area contributed by atoms with Crippen molar-refractivity contribution in [3.63, 3.8) is 0 Å². The Balaban J connectivity index is 2.16. The highest BCUT2D eigenvalue weighted by atomic mass is 35.5. The summed E-state index contributed by atoms with van der Waals surface area (Å²) in [5.74, 6) is 0.387. The van der Waals surface area contributed by atoms with Crippen molar-refractivity contribution in [1.82, 2.24) is 5.32 Å². The molecule has 0 radical (unpaired) electrons. The zero-order chi connectivity index (χ0) is 19.5. The van der Waals surface area contributed by atoms with E-state index in [0.717, 1.165) is 0 Å². The average molecular weight is 396 g/mol. The Kier molecular flexibility index (Phi) is 5.46. The third-order valence-corrected chi connectivity index (χ3v) is 4.61. The first-order valence-corrected chi connectivity index (χ1v) is 8.85. The number of carbonyl (C=O) groups is 1. The van der Waals surface area contributed by atoms with E-state index in [9.17, 15) is 18.0 Å². The molecule has 0 saturated heterocycles. The normalized spacial score (nSPS) is 15.0. The third-order valence-electron chi connectivity index (χ3n) is 4.43. The summed E-state index contributed by atoms with van der Waals surface area (Å²) in [4.78, 5) is 13.2. The molecule has 1 aliphatic rings. The highest BCUT2D eigenvalue weighted by Gasteiger charge is 2.48. The highest BCUT2D eigenvalue weighted by Crippen LogP contribution is 2.50. The summed E-state index contributed by atoms with van der Waals surface area (Å²) in [6.07, 6.45) is -0.978. The maximum Gasteiger partial charge on any atom is 0.405 e. The predicted molar refractivity (Wildman–Crippen MR) is 97.3 cm³/mol. The molecule has 27 heavy (non-hydrogen) atoms. The molecule has 0 atom stereocenters. The summed E-state index contributed by atoms with van der Waals surface area (Å²) < 4.78 is 44.1. The second-order valence-corrected chi connectivity index (χ2v) is 6.44. The van der Waals surface area contributed by atoms with Gasteiger partial charge in [0, 0.05) is 17.0 Å². The zero-order valence-electron chi connectivity index (χ0n) is 14.2. The summed E-state index contributed by atoms with van der Waals surface area (Å²) in [6, 6.07) is 13.8. The fraction of sp³-hybridized carbons (Fsp3) is 0.250. The van der Waals surface area contributed by atoms with Crippen molar-refractivity contribution in [2.75, 3.05) is 12.4 Å². The van der Waals surface area contributed by atoms with E-state index >= 15 is 0 Å². The number of rotatable bonds is 5. The standard InChI is InChI=1S/C20H17ClF3NO2/c21-12-6-5-11-19(18(26)25-13-20(22,23)24)14-7-1-3-9-16(14)27-17-10-4-2-8-15(17)19/h1-10H,11-13H2,(H,25,26). The SMILES string of the molecule is O=C(NCC(F)(F)F)C1(CC=CCCl)c2ccccc2Oc2ccccc21. The first-order chi connectivity index (χ1) is 12.9. The largest absolute Gasteiger partial charge is 0.457 e. The van der Waals surface area contributed by atoms with Gasteiger partial charge < -0.3 is 10.1 Å². The number of ether oxygens (including phenoxy) is 1. The number of nitrogens with one attached hydrogen (secondary N) is 1. The van der Waals surface area contributed by atoms with E-state index in [0.29, 0.717) is 22.6 Å². The summed E-state index contributed by atoms with van der Waals surface area (Å²) in [6.45, 7) is -1.40. The Labute approximate surface area is 159 Å². The summed E-state index contributed by atoms with van der Waals surface area (Å²) >= 11 is 5.70. The van der Waals surface area contributed by atoms with Crippen LogP contribution in [0.5, 0.6) is 11.5 Å². The first-order valence-electron chi connectivity index (χ1n) is 8.31. The van der Waals surface area contributed by atoms with Crippen molar-refractivity contribution in [2.24, 2.45) is 0 Å². The van der Waals surface area contributed by atoms with Crippen molar-refractivity contribution < 1.29 is 22.7 Å². The van der Waals surface area contributed by atoms with E-state index in [-0.39, 0.29) is 12.3 Å². The van der Waals surface area contributed by atoms with Crippen LogP contribution < -0.4 is 10.1 Å². The number of hydrogen-bond acceptors (Lipinski definition) is 2. The van der Waals surface area contributed by atoms with Gasteiger partial charge in [-0.2, -0.15) is 13.2 Å². The lowest BCUT2D eigenvalue weighted by atomic mass is 9.69. The van der Waals surface area contributed by atoms with E-state index in [2.05, 4.69) is 5.32 Å². The van der Waals surface area contributed by atoms with Gasteiger partial charge in [0.1, 0.15) is 23.5 Å². The molecular weight excluding hydrogens is 379 g/mol. The molecule has 7 heteroatoms. The second-order valence-electron chi connectivity index (χ2n) is 6.13. The lowest BCUT2D eigenvalue weighted by Crippen LogP contribution is -2.49. The zero-order valence-corrected chi connectivity index (χ0v) is 15.0. The van der Waals surface area contributed by atoms with Crippen LogP contribution in [0.25, 0.3) is 0 Å². The minimum atomic E-state index is -4.51. The molecule has 1 N–H and O–H groups in total. The van der Waals surface area contributed by atoms with Gasteiger partial charge in [-0.3, -0.25) is 4.79 Å². The minimum absolute atomic E-state index is 0.154. The molecular formula is C20H17ClF3NO2. The Bertz CT molecular complexity index is 819. The Morgan fingerprint density at radius 3 is 2.11 bits per heavy atom. The number of alkyl halides is 4. The molecule has 1 heterocycles. The van der Waals surface area contributed by atoms with Crippen molar-refractivity contribution in [3.8, 4) is 11.5 Å². The summed E-state index contributed by atoms with van der Waals surface area (Å²) in [5, 5.41) is 2.06. The van der Waals surface area contributed by atoms with Gasteiger partial charge in [-0.15, -0.1) is 11.6 Å². The topological polar surface area (TPSA) is 38.3 Å². The first kappa shape index (κ1) is 19.3. The molecule has 2 aromatic carbocycles. The summed E-state index contributed by atoms with van der Waals surface area (Å²) in [5.41, 5.74) is -0.315. The van der Waals surface area contributed by atoms with Crippen molar-refractivity contribution >= 4 is 17.5 Å². The number of hydrogen-bond donors (Lipinski definition) is 1. The molecule has 0 fully saturated rings. The van der Waals surface area contributed by atoms with Crippen LogP contribution >= 0.6 is 11.6 Å². The van der Waals surface area contributed by atoms with Gasteiger partial charge in [-0.05, 0) is 18.6 Å². The molecule has 0 saturated carbocycles. The minimum Gasteiger partial charge on any atom is -0.457 e. The number of amides is 1. The smallest absolute Gasteiger partial charge is 0.405 e. The maximum absolute atomic E-state index is 13.2. The fourth-order valence-corrected chi connectivity index (χ4v) is 3.42. The van der Waals surface area contributed by atoms with Crippen LogP contribution in [-0.4, -0.2) is 24.5 Å². The number of halogens is 4. The lowest BCUT2D eigenvalue weighted by Gasteiger charge is -2.38. The molecule has 0 aliphatic carbocycles. The highest BCUT2D eigenvalue weighted by molar-refractivity contribution is 6.18. The van der Waals surface area contributed by atoms with Crippen LogP contribution in [0.3, 0.4) is 0 Å². The second kappa shape index (κ2) is 7.64. The van der Waals surface area contributed by atoms with Gasteiger partial charge in [0.25, 0.3) is 0 Å². The number of fused-ring (bicyclic) bond motifs is 2. The van der Waals surface area contributed by atoms with Crippen molar-refractivity contribution in [1.29, 1.82) is 0 Å². The van der Waals surface area contributed by atoms with Gasteiger partial charge >= 0.3 is 6.18 Å². The van der Waals surface area contributed by atoms with Crippen LogP contribution in [0.4, 0.5) is 13.2 Å². The Hall–Kier alpha value is -2.47. The molecule has 3 nitrogen and oxygen atoms in total. The molecule has 3 rings (SSSR count). The van der Waals surface area contributed by atoms with Crippen LogP contribution in [0.1, 0.15) is 17.5 Å². The molecule has 1 amide bonds. The average Bonchev–Trinajstić information content (AvgIpc) is 2.65. The van der Waals surface area contributed by atoms with Crippen LogP contribution in [0.15, 0.2) is 60.7 Å². The Morgan fingerprint density at radius 2 is 1.59 bits per heavy atom. The molecule has 142 valence electrons. The van der Waals surface area contributed by atoms with Crippen molar-refractivity contribution in [2.45, 2.75) is 18.0 Å². The molecule has 0 spiro atoms. The van der Waals surface area contributed by atoms with E-state index in [1.54, 1.807) is 60.7 Å². The number of carbonyl (C=O) groups excluding carboxylic acids is 1. The van der Waals surface area contributed by atoms with Gasteiger partial charge in [0.05, 0.1) is 0 Å². The third kappa shape index (κ3) is 3.81. The number of benzene rings is 2. The summed E-state index contributed by atoms with van der Waals surface area (Å²) in [7, 11) is 0. The van der Waals surface area contributed by atoms with E-state index in [1.165, 1.54) is 0 Å². The molecule has 2 aromatic rings.